The van der Waals surface area contributed by atoms with Gasteiger partial charge in [0, 0.05) is 18.0 Å². The summed E-state index contributed by atoms with van der Waals surface area (Å²) in [6.45, 7) is 0.602. The van der Waals surface area contributed by atoms with E-state index in [-0.39, 0.29) is 23.3 Å². The number of carbonyl (C=O) groups is 1. The van der Waals surface area contributed by atoms with Gasteiger partial charge in [-0.2, -0.15) is 0 Å². The van der Waals surface area contributed by atoms with Crippen molar-refractivity contribution in [1.82, 2.24) is 5.32 Å². The number of hydrogen-bond acceptors (Lipinski definition) is 1. The molecule has 1 aromatic rings. The van der Waals surface area contributed by atoms with Gasteiger partial charge in [-0.05, 0) is 43.2 Å². The van der Waals surface area contributed by atoms with Crippen molar-refractivity contribution in [2.24, 2.45) is 5.92 Å². The lowest BCUT2D eigenvalue weighted by atomic mass is 9.89. The van der Waals surface area contributed by atoms with E-state index in [9.17, 15) is 13.6 Å². The van der Waals surface area contributed by atoms with Crippen LogP contribution >= 0.6 is 11.6 Å². The fraction of sp³-hybridized carbons (Fsp3) is 0.533. The molecule has 1 saturated carbocycles. The van der Waals surface area contributed by atoms with Gasteiger partial charge in [0.05, 0.1) is 6.42 Å². The van der Waals surface area contributed by atoms with Crippen LogP contribution in [0.5, 0.6) is 0 Å². The fourth-order valence-corrected chi connectivity index (χ4v) is 2.74. The van der Waals surface area contributed by atoms with Crippen LogP contribution in [0.15, 0.2) is 18.2 Å². The van der Waals surface area contributed by atoms with Crippen molar-refractivity contribution >= 4 is 17.5 Å². The predicted octanol–water partition coefficient (Wildman–Crippen LogP) is 3.42. The third kappa shape index (κ3) is 4.44. The predicted molar refractivity (Wildman–Crippen MR) is 74.7 cm³/mol. The number of nitrogens with one attached hydrogen (secondary N) is 1. The van der Waals surface area contributed by atoms with E-state index in [1.807, 2.05) is 0 Å². The first-order chi connectivity index (χ1) is 9.54. The number of rotatable bonds is 4. The monoisotopic (exact) mass is 301 g/mol. The van der Waals surface area contributed by atoms with E-state index in [1.165, 1.54) is 6.07 Å². The van der Waals surface area contributed by atoms with Crippen molar-refractivity contribution in [3.63, 3.8) is 0 Å². The van der Waals surface area contributed by atoms with Gasteiger partial charge in [-0.3, -0.25) is 4.79 Å². The van der Waals surface area contributed by atoms with Crippen LogP contribution in [0.1, 0.15) is 31.2 Å². The minimum Gasteiger partial charge on any atom is -0.356 e. The van der Waals surface area contributed by atoms with E-state index < -0.39 is 11.6 Å². The van der Waals surface area contributed by atoms with Crippen molar-refractivity contribution in [3.8, 4) is 0 Å². The van der Waals surface area contributed by atoms with Crippen LogP contribution in [-0.2, 0) is 11.2 Å². The molecule has 0 saturated heterocycles. The molecule has 1 fully saturated rings. The van der Waals surface area contributed by atoms with E-state index in [0.29, 0.717) is 12.5 Å². The van der Waals surface area contributed by atoms with Crippen molar-refractivity contribution in [2.45, 2.75) is 37.5 Å². The average Bonchev–Trinajstić information content (AvgIpc) is 2.41. The zero-order valence-electron chi connectivity index (χ0n) is 11.2. The average molecular weight is 302 g/mol. The highest BCUT2D eigenvalue weighted by Crippen LogP contribution is 2.26. The minimum absolute atomic E-state index is 0.0586. The Labute approximate surface area is 122 Å². The smallest absolute Gasteiger partial charge is 0.224 e. The number of alkyl halides is 1. The molecular weight excluding hydrogens is 284 g/mol. The molecule has 0 atom stereocenters. The van der Waals surface area contributed by atoms with Gasteiger partial charge in [-0.1, -0.05) is 6.07 Å². The molecule has 1 aromatic carbocycles. The molecule has 0 spiro atoms. The zero-order valence-corrected chi connectivity index (χ0v) is 11.9. The second kappa shape index (κ2) is 7.02. The maximum atomic E-state index is 13.4. The van der Waals surface area contributed by atoms with Crippen molar-refractivity contribution in [2.75, 3.05) is 6.54 Å². The molecule has 2 nitrogen and oxygen atoms in total. The number of hydrogen-bond donors (Lipinski definition) is 1. The maximum absolute atomic E-state index is 13.4. The summed E-state index contributed by atoms with van der Waals surface area (Å²) < 4.78 is 26.2. The van der Waals surface area contributed by atoms with Crippen LogP contribution in [-0.4, -0.2) is 17.8 Å². The highest BCUT2D eigenvalue weighted by Gasteiger charge is 2.20. The highest BCUT2D eigenvalue weighted by molar-refractivity contribution is 6.20. The lowest BCUT2D eigenvalue weighted by Gasteiger charge is -2.25. The topological polar surface area (TPSA) is 29.1 Å². The summed E-state index contributed by atoms with van der Waals surface area (Å²) in [4.78, 5) is 11.8. The van der Waals surface area contributed by atoms with E-state index in [4.69, 9.17) is 11.6 Å². The van der Waals surface area contributed by atoms with Crippen molar-refractivity contribution in [1.29, 1.82) is 0 Å². The Morgan fingerprint density at radius 1 is 1.25 bits per heavy atom. The summed E-state index contributed by atoms with van der Waals surface area (Å²) in [6.07, 6.45) is 3.93. The molecule has 5 heteroatoms. The minimum atomic E-state index is -0.678. The Hall–Kier alpha value is -1.16. The summed E-state index contributed by atoms with van der Waals surface area (Å²) in [6, 6.07) is 3.26. The standard InChI is InChI=1S/C15H18ClF2NO/c16-12-4-1-10(2-5-12)9-19-15(20)7-11-3-6-13(17)8-14(11)18/h3,6,8,10,12H,1-2,4-5,7,9H2,(H,19,20). The third-order valence-corrected chi connectivity index (χ3v) is 4.17. The zero-order chi connectivity index (χ0) is 14.5. The Bertz CT molecular complexity index is 473. The molecule has 0 aliphatic heterocycles. The molecule has 20 heavy (non-hydrogen) atoms. The molecule has 1 N–H and O–H groups in total. The fourth-order valence-electron chi connectivity index (χ4n) is 2.48. The van der Waals surface area contributed by atoms with Gasteiger partial charge >= 0.3 is 0 Å². The van der Waals surface area contributed by atoms with Gasteiger partial charge in [0.1, 0.15) is 11.6 Å². The first-order valence-corrected chi connectivity index (χ1v) is 7.33. The van der Waals surface area contributed by atoms with Gasteiger partial charge in [-0.25, -0.2) is 8.78 Å². The molecular formula is C15H18ClF2NO. The van der Waals surface area contributed by atoms with Crippen LogP contribution in [0.25, 0.3) is 0 Å². The number of carbonyl (C=O) groups excluding carboxylic acids is 1. The lowest BCUT2D eigenvalue weighted by molar-refractivity contribution is -0.120. The van der Waals surface area contributed by atoms with Gasteiger partial charge in [0.15, 0.2) is 0 Å². The Kier molecular flexibility index (Phi) is 5.35. The van der Waals surface area contributed by atoms with Crippen molar-refractivity contribution in [3.05, 3.63) is 35.4 Å². The van der Waals surface area contributed by atoms with Gasteiger partial charge in [0.2, 0.25) is 5.91 Å². The maximum Gasteiger partial charge on any atom is 0.224 e. The largest absolute Gasteiger partial charge is 0.356 e. The Morgan fingerprint density at radius 2 is 1.95 bits per heavy atom. The summed E-state index contributed by atoms with van der Waals surface area (Å²) in [5.74, 6) is -1.09. The highest BCUT2D eigenvalue weighted by atomic mass is 35.5. The summed E-state index contributed by atoms with van der Waals surface area (Å²) >= 11 is 6.02. The molecule has 0 radical (unpaired) electrons. The first-order valence-electron chi connectivity index (χ1n) is 6.89. The van der Waals surface area contributed by atoms with Crippen LogP contribution in [0.3, 0.4) is 0 Å². The van der Waals surface area contributed by atoms with Crippen LogP contribution < -0.4 is 5.32 Å². The van der Waals surface area contributed by atoms with Crippen molar-refractivity contribution < 1.29 is 13.6 Å². The molecule has 0 heterocycles. The molecule has 1 aliphatic carbocycles. The molecule has 1 amide bonds. The Morgan fingerprint density at radius 3 is 2.60 bits per heavy atom. The van der Waals surface area contributed by atoms with Crippen LogP contribution in [0, 0.1) is 17.6 Å². The Balaban J connectivity index is 1.78. The number of amides is 1. The third-order valence-electron chi connectivity index (χ3n) is 3.73. The van der Waals surface area contributed by atoms with E-state index >= 15 is 0 Å². The van der Waals surface area contributed by atoms with Gasteiger partial charge in [-0.15, -0.1) is 11.6 Å². The van der Waals surface area contributed by atoms with E-state index in [0.717, 1.165) is 37.8 Å². The van der Waals surface area contributed by atoms with Crippen LogP contribution in [0.4, 0.5) is 8.78 Å². The van der Waals surface area contributed by atoms with Gasteiger partial charge < -0.3 is 5.32 Å². The quantitative estimate of drug-likeness (QED) is 0.848. The number of benzene rings is 1. The second-order valence-corrected chi connectivity index (χ2v) is 5.95. The summed E-state index contributed by atoms with van der Waals surface area (Å²) in [7, 11) is 0. The molecule has 1 aliphatic rings. The van der Waals surface area contributed by atoms with E-state index in [1.54, 1.807) is 0 Å². The first kappa shape index (κ1) is 15.2. The summed E-state index contributed by atoms with van der Waals surface area (Å²) in [5.41, 5.74) is 0.216. The molecule has 0 bridgehead atoms. The second-order valence-electron chi connectivity index (χ2n) is 5.33. The summed E-state index contributed by atoms with van der Waals surface area (Å²) in [5, 5.41) is 3.07. The normalized spacial score (nSPS) is 22.6. The molecule has 0 unspecified atom stereocenters. The SMILES string of the molecule is O=C(Cc1ccc(F)cc1F)NCC1CCC(Cl)CC1. The number of halogens is 3. The van der Waals surface area contributed by atoms with Gasteiger partial charge in [0.25, 0.3) is 0 Å². The van der Waals surface area contributed by atoms with E-state index in [2.05, 4.69) is 5.32 Å². The molecule has 2 rings (SSSR count). The molecule has 110 valence electrons. The lowest BCUT2D eigenvalue weighted by Crippen LogP contribution is -2.32. The van der Waals surface area contributed by atoms with Crippen LogP contribution in [0.2, 0.25) is 0 Å². The molecule has 0 aromatic heterocycles.